The van der Waals surface area contributed by atoms with Gasteiger partial charge in [0.05, 0.1) is 0 Å². The van der Waals surface area contributed by atoms with Crippen LogP contribution in [-0.4, -0.2) is 22.6 Å². The predicted octanol–water partition coefficient (Wildman–Crippen LogP) is 2.49. The third-order valence-electron chi connectivity index (χ3n) is 2.57. The van der Waals surface area contributed by atoms with E-state index >= 15 is 0 Å². The van der Waals surface area contributed by atoms with E-state index in [2.05, 4.69) is 42.6 Å². The second-order valence-corrected chi connectivity index (χ2v) is 5.06. The lowest BCUT2D eigenvalue weighted by Crippen LogP contribution is -2.35. The standard InChI is InChI=1S/C13H24N4/c1-6-12-15-11(14)7-13(16-12)17(10(4)5)8-9(2)3/h7,9-10H,6,8H2,1-5H3,(H2,14,15,16). The number of rotatable bonds is 5. The van der Waals surface area contributed by atoms with Crippen molar-refractivity contribution in [3.63, 3.8) is 0 Å². The summed E-state index contributed by atoms with van der Waals surface area (Å²) in [4.78, 5) is 11.1. The molecule has 1 aromatic heterocycles. The highest BCUT2D eigenvalue weighted by molar-refractivity contribution is 5.47. The second-order valence-electron chi connectivity index (χ2n) is 5.06. The number of nitrogens with two attached hydrogens (primary N) is 1. The first-order chi connectivity index (χ1) is 7.93. The van der Waals surface area contributed by atoms with Gasteiger partial charge in [0.15, 0.2) is 0 Å². The fourth-order valence-corrected chi connectivity index (χ4v) is 1.77. The molecule has 0 radical (unpaired) electrons. The van der Waals surface area contributed by atoms with Crippen molar-refractivity contribution >= 4 is 11.6 Å². The topological polar surface area (TPSA) is 55.0 Å². The predicted molar refractivity (Wildman–Crippen MR) is 73.1 cm³/mol. The van der Waals surface area contributed by atoms with Crippen molar-refractivity contribution in [3.8, 4) is 0 Å². The fourth-order valence-electron chi connectivity index (χ4n) is 1.77. The van der Waals surface area contributed by atoms with Gasteiger partial charge < -0.3 is 10.6 Å². The van der Waals surface area contributed by atoms with Gasteiger partial charge >= 0.3 is 0 Å². The van der Waals surface area contributed by atoms with E-state index in [4.69, 9.17) is 5.73 Å². The van der Waals surface area contributed by atoms with Crippen LogP contribution in [0.4, 0.5) is 11.6 Å². The molecule has 0 spiro atoms. The molecule has 1 aromatic rings. The third kappa shape index (κ3) is 3.88. The monoisotopic (exact) mass is 236 g/mol. The molecule has 1 heterocycles. The number of anilines is 2. The summed E-state index contributed by atoms with van der Waals surface area (Å²) < 4.78 is 0. The molecule has 96 valence electrons. The zero-order valence-electron chi connectivity index (χ0n) is 11.6. The summed E-state index contributed by atoms with van der Waals surface area (Å²) in [7, 11) is 0. The minimum absolute atomic E-state index is 0.413. The molecule has 0 aromatic carbocycles. The van der Waals surface area contributed by atoms with E-state index in [-0.39, 0.29) is 0 Å². The van der Waals surface area contributed by atoms with Gasteiger partial charge in [0.25, 0.3) is 0 Å². The van der Waals surface area contributed by atoms with E-state index in [0.29, 0.717) is 17.8 Å². The average Bonchev–Trinajstić information content (AvgIpc) is 2.24. The molecule has 17 heavy (non-hydrogen) atoms. The molecule has 0 aliphatic heterocycles. The summed E-state index contributed by atoms with van der Waals surface area (Å²) in [5.41, 5.74) is 5.83. The molecule has 1 rings (SSSR count). The van der Waals surface area contributed by atoms with Crippen LogP contribution in [0.2, 0.25) is 0 Å². The maximum atomic E-state index is 5.83. The first kappa shape index (κ1) is 13.7. The number of hydrogen-bond donors (Lipinski definition) is 1. The van der Waals surface area contributed by atoms with Crippen LogP contribution in [0.15, 0.2) is 6.07 Å². The van der Waals surface area contributed by atoms with Crippen LogP contribution < -0.4 is 10.6 Å². The van der Waals surface area contributed by atoms with Crippen molar-refractivity contribution in [1.29, 1.82) is 0 Å². The van der Waals surface area contributed by atoms with Crippen molar-refractivity contribution in [2.75, 3.05) is 17.2 Å². The van der Waals surface area contributed by atoms with Gasteiger partial charge in [-0.05, 0) is 19.8 Å². The quantitative estimate of drug-likeness (QED) is 0.853. The molecular formula is C13H24N4. The van der Waals surface area contributed by atoms with Crippen LogP contribution in [-0.2, 0) is 6.42 Å². The number of aromatic nitrogens is 2. The number of nitrogens with zero attached hydrogens (tertiary/aromatic N) is 3. The highest BCUT2D eigenvalue weighted by atomic mass is 15.2. The van der Waals surface area contributed by atoms with Crippen molar-refractivity contribution in [2.45, 2.75) is 47.1 Å². The fraction of sp³-hybridized carbons (Fsp3) is 0.692. The van der Waals surface area contributed by atoms with Gasteiger partial charge in [-0.25, -0.2) is 9.97 Å². The summed E-state index contributed by atoms with van der Waals surface area (Å²) in [5.74, 6) is 2.91. The van der Waals surface area contributed by atoms with E-state index in [1.807, 2.05) is 13.0 Å². The summed E-state index contributed by atoms with van der Waals surface area (Å²) >= 11 is 0. The smallest absolute Gasteiger partial charge is 0.134 e. The summed E-state index contributed by atoms with van der Waals surface area (Å²) in [6, 6.07) is 2.28. The van der Waals surface area contributed by atoms with Gasteiger partial charge in [-0.1, -0.05) is 20.8 Å². The summed E-state index contributed by atoms with van der Waals surface area (Å²) in [6.07, 6.45) is 0.811. The lowest BCUT2D eigenvalue weighted by Gasteiger charge is -2.29. The zero-order chi connectivity index (χ0) is 13.0. The Morgan fingerprint density at radius 1 is 1.24 bits per heavy atom. The number of nitrogen functional groups attached to an aromatic ring is 1. The minimum Gasteiger partial charge on any atom is -0.384 e. The normalized spacial score (nSPS) is 11.2. The Kier molecular flexibility index (Phi) is 4.73. The molecule has 0 atom stereocenters. The molecule has 0 amide bonds. The van der Waals surface area contributed by atoms with Crippen LogP contribution in [0.3, 0.4) is 0 Å². The molecule has 2 N–H and O–H groups in total. The number of hydrogen-bond acceptors (Lipinski definition) is 4. The Balaban J connectivity index is 3.04. The Hall–Kier alpha value is -1.32. The van der Waals surface area contributed by atoms with Gasteiger partial charge in [-0.2, -0.15) is 0 Å². The van der Waals surface area contributed by atoms with Crippen molar-refractivity contribution < 1.29 is 0 Å². The van der Waals surface area contributed by atoms with Crippen LogP contribution in [0.1, 0.15) is 40.4 Å². The van der Waals surface area contributed by atoms with Gasteiger partial charge in [0.2, 0.25) is 0 Å². The molecule has 4 nitrogen and oxygen atoms in total. The van der Waals surface area contributed by atoms with Crippen LogP contribution >= 0.6 is 0 Å². The van der Waals surface area contributed by atoms with Crippen molar-refractivity contribution in [1.82, 2.24) is 9.97 Å². The Morgan fingerprint density at radius 2 is 1.88 bits per heavy atom. The molecule has 0 saturated heterocycles. The first-order valence-corrected chi connectivity index (χ1v) is 6.34. The van der Waals surface area contributed by atoms with Gasteiger partial charge in [-0.15, -0.1) is 0 Å². The van der Waals surface area contributed by atoms with Gasteiger partial charge in [0, 0.05) is 25.1 Å². The van der Waals surface area contributed by atoms with E-state index in [1.54, 1.807) is 0 Å². The molecule has 0 aliphatic rings. The van der Waals surface area contributed by atoms with Crippen LogP contribution in [0.25, 0.3) is 0 Å². The van der Waals surface area contributed by atoms with Gasteiger partial charge in [0.1, 0.15) is 17.5 Å². The molecular weight excluding hydrogens is 212 g/mol. The molecule has 0 fully saturated rings. The number of aryl methyl sites for hydroxylation is 1. The van der Waals surface area contributed by atoms with Gasteiger partial charge in [-0.3, -0.25) is 0 Å². The summed E-state index contributed by atoms with van der Waals surface area (Å²) in [5, 5.41) is 0. The van der Waals surface area contributed by atoms with Crippen molar-refractivity contribution in [3.05, 3.63) is 11.9 Å². The van der Waals surface area contributed by atoms with Crippen LogP contribution in [0.5, 0.6) is 0 Å². The highest BCUT2D eigenvalue weighted by Gasteiger charge is 2.15. The lowest BCUT2D eigenvalue weighted by atomic mass is 10.2. The largest absolute Gasteiger partial charge is 0.384 e. The van der Waals surface area contributed by atoms with E-state index in [1.165, 1.54) is 0 Å². The van der Waals surface area contributed by atoms with Crippen LogP contribution in [0, 0.1) is 5.92 Å². The third-order valence-corrected chi connectivity index (χ3v) is 2.57. The Morgan fingerprint density at radius 3 is 2.35 bits per heavy atom. The second kappa shape index (κ2) is 5.84. The molecule has 0 bridgehead atoms. The summed E-state index contributed by atoms with van der Waals surface area (Å²) in [6.45, 7) is 11.8. The Bertz CT molecular complexity index is 360. The first-order valence-electron chi connectivity index (χ1n) is 6.34. The molecule has 0 saturated carbocycles. The average molecular weight is 236 g/mol. The van der Waals surface area contributed by atoms with Crippen molar-refractivity contribution in [2.24, 2.45) is 5.92 Å². The SMILES string of the molecule is CCc1nc(N)cc(N(CC(C)C)C(C)C)n1. The minimum atomic E-state index is 0.413. The molecule has 0 unspecified atom stereocenters. The Labute approximate surface area is 104 Å². The van der Waals surface area contributed by atoms with E-state index in [0.717, 1.165) is 24.6 Å². The maximum Gasteiger partial charge on any atom is 0.134 e. The zero-order valence-corrected chi connectivity index (χ0v) is 11.6. The highest BCUT2D eigenvalue weighted by Crippen LogP contribution is 2.18. The molecule has 4 heteroatoms. The van der Waals surface area contributed by atoms with E-state index < -0.39 is 0 Å². The van der Waals surface area contributed by atoms with E-state index in [9.17, 15) is 0 Å². The lowest BCUT2D eigenvalue weighted by molar-refractivity contribution is 0.565. The molecule has 0 aliphatic carbocycles. The maximum absolute atomic E-state index is 5.83.